The Labute approximate surface area is 169 Å². The molecular weight excluding hydrogens is 411 g/mol. The molecule has 2 aromatic carbocycles. The molecule has 9 heteroatoms. The molecule has 0 heterocycles. The maximum Gasteiger partial charge on any atom is 0.243 e. The molecule has 0 aromatic heterocycles. The van der Waals surface area contributed by atoms with Gasteiger partial charge < -0.3 is 10.1 Å². The second-order valence-corrected chi connectivity index (χ2v) is 8.68. The van der Waals surface area contributed by atoms with E-state index in [2.05, 4.69) is 5.32 Å². The van der Waals surface area contributed by atoms with Crippen LogP contribution in [0, 0.1) is 6.92 Å². The molecule has 0 aliphatic carbocycles. The minimum atomic E-state index is -3.83. The van der Waals surface area contributed by atoms with E-state index < -0.39 is 15.9 Å². The number of nitrogens with one attached hydrogen (secondary N) is 1. The zero-order valence-electron chi connectivity index (χ0n) is 15.1. The molecule has 0 bridgehead atoms. The standard InChI is InChI=1S/C18H20Cl2N2O4S/c1-4-26-17-8-6-14(9-12(17)2)27(24,25)22(3)11-18(23)21-16-7-5-13(19)10-15(16)20/h5-10H,4,11H2,1-3H3,(H,21,23). The Kier molecular flexibility index (Phi) is 7.11. The average Bonchev–Trinajstić information content (AvgIpc) is 2.59. The number of benzene rings is 2. The van der Waals surface area contributed by atoms with Crippen molar-refractivity contribution >= 4 is 44.8 Å². The number of hydrogen-bond acceptors (Lipinski definition) is 4. The van der Waals surface area contributed by atoms with Crippen LogP contribution in [0.2, 0.25) is 10.0 Å². The Balaban J connectivity index is 2.12. The number of carbonyl (C=O) groups is 1. The van der Waals surface area contributed by atoms with Gasteiger partial charge in [-0.05, 0) is 55.8 Å². The van der Waals surface area contributed by atoms with E-state index in [1.807, 2.05) is 6.92 Å². The lowest BCUT2D eigenvalue weighted by atomic mass is 10.2. The van der Waals surface area contributed by atoms with Crippen molar-refractivity contribution in [2.24, 2.45) is 0 Å². The monoisotopic (exact) mass is 430 g/mol. The summed E-state index contributed by atoms with van der Waals surface area (Å²) in [4.78, 5) is 12.3. The van der Waals surface area contributed by atoms with Gasteiger partial charge in [-0.1, -0.05) is 23.2 Å². The SMILES string of the molecule is CCOc1ccc(S(=O)(=O)N(C)CC(=O)Nc2ccc(Cl)cc2Cl)cc1C. The maximum absolute atomic E-state index is 12.7. The third-order valence-electron chi connectivity index (χ3n) is 3.73. The number of ether oxygens (including phenoxy) is 1. The molecule has 0 saturated carbocycles. The lowest BCUT2D eigenvalue weighted by Gasteiger charge is -2.18. The molecular formula is C18H20Cl2N2O4S. The second kappa shape index (κ2) is 8.93. The molecule has 0 atom stereocenters. The summed E-state index contributed by atoms with van der Waals surface area (Å²) in [7, 11) is -2.50. The lowest BCUT2D eigenvalue weighted by molar-refractivity contribution is -0.116. The number of sulfonamides is 1. The third kappa shape index (κ3) is 5.35. The topological polar surface area (TPSA) is 75.7 Å². The van der Waals surface area contributed by atoms with Crippen molar-refractivity contribution in [3.63, 3.8) is 0 Å². The first kappa shape index (κ1) is 21.5. The predicted octanol–water partition coefficient (Wildman–Crippen LogP) is 3.96. The van der Waals surface area contributed by atoms with E-state index in [0.717, 1.165) is 4.31 Å². The van der Waals surface area contributed by atoms with Crippen LogP contribution in [-0.2, 0) is 14.8 Å². The van der Waals surface area contributed by atoms with Crippen LogP contribution < -0.4 is 10.1 Å². The Morgan fingerprint density at radius 2 is 1.89 bits per heavy atom. The van der Waals surface area contributed by atoms with Crippen molar-refractivity contribution in [3.05, 3.63) is 52.0 Å². The highest BCUT2D eigenvalue weighted by atomic mass is 35.5. The molecule has 0 aliphatic rings. The molecule has 0 fully saturated rings. The largest absolute Gasteiger partial charge is 0.494 e. The predicted molar refractivity (Wildman–Crippen MR) is 107 cm³/mol. The molecule has 2 aromatic rings. The zero-order chi connectivity index (χ0) is 20.2. The van der Waals surface area contributed by atoms with E-state index in [1.54, 1.807) is 25.1 Å². The molecule has 1 N–H and O–H groups in total. The molecule has 146 valence electrons. The van der Waals surface area contributed by atoms with Crippen LogP contribution in [0.15, 0.2) is 41.3 Å². The number of rotatable bonds is 7. The van der Waals surface area contributed by atoms with Crippen molar-refractivity contribution in [3.8, 4) is 5.75 Å². The number of amides is 1. The first-order valence-corrected chi connectivity index (χ1v) is 10.3. The summed E-state index contributed by atoms with van der Waals surface area (Å²) in [6.45, 7) is 3.73. The minimum absolute atomic E-state index is 0.0864. The molecule has 27 heavy (non-hydrogen) atoms. The quantitative estimate of drug-likeness (QED) is 0.720. The highest BCUT2D eigenvalue weighted by Gasteiger charge is 2.24. The van der Waals surface area contributed by atoms with Gasteiger partial charge in [0, 0.05) is 12.1 Å². The lowest BCUT2D eigenvalue weighted by Crippen LogP contribution is -2.35. The van der Waals surface area contributed by atoms with Crippen molar-refractivity contribution in [2.45, 2.75) is 18.7 Å². The summed E-state index contributed by atoms with van der Waals surface area (Å²) < 4.78 is 31.8. The van der Waals surface area contributed by atoms with Gasteiger partial charge in [0.2, 0.25) is 15.9 Å². The van der Waals surface area contributed by atoms with Gasteiger partial charge in [-0.25, -0.2) is 8.42 Å². The minimum Gasteiger partial charge on any atom is -0.494 e. The fraction of sp³-hybridized carbons (Fsp3) is 0.278. The number of carbonyl (C=O) groups excluding carboxylic acids is 1. The summed E-state index contributed by atoms with van der Waals surface area (Å²) >= 11 is 11.8. The van der Waals surface area contributed by atoms with E-state index in [9.17, 15) is 13.2 Å². The van der Waals surface area contributed by atoms with Gasteiger partial charge in [0.15, 0.2) is 0 Å². The molecule has 0 aliphatic heterocycles. The molecule has 0 unspecified atom stereocenters. The van der Waals surface area contributed by atoms with Gasteiger partial charge in [-0.2, -0.15) is 4.31 Å². The van der Waals surface area contributed by atoms with E-state index in [4.69, 9.17) is 27.9 Å². The summed E-state index contributed by atoms with van der Waals surface area (Å²) in [5, 5.41) is 3.27. The Bertz CT molecular complexity index is 948. The van der Waals surface area contributed by atoms with Gasteiger partial charge in [0.1, 0.15) is 5.75 Å². The van der Waals surface area contributed by atoms with Crippen molar-refractivity contribution < 1.29 is 17.9 Å². The fourth-order valence-corrected chi connectivity index (χ4v) is 4.02. The first-order valence-electron chi connectivity index (χ1n) is 8.10. The first-order chi connectivity index (χ1) is 12.6. The summed E-state index contributed by atoms with van der Waals surface area (Å²) in [5.41, 5.74) is 1.05. The number of likely N-dealkylation sites (N-methyl/N-ethyl adjacent to an activating group) is 1. The van der Waals surface area contributed by atoms with E-state index in [1.165, 1.54) is 25.2 Å². The van der Waals surface area contributed by atoms with Crippen LogP contribution in [0.3, 0.4) is 0 Å². The van der Waals surface area contributed by atoms with Crippen molar-refractivity contribution in [1.29, 1.82) is 0 Å². The number of anilines is 1. The van der Waals surface area contributed by atoms with E-state index in [0.29, 0.717) is 28.6 Å². The number of halogens is 2. The summed E-state index contributed by atoms with van der Waals surface area (Å²) in [6, 6.07) is 9.19. The average molecular weight is 431 g/mol. The smallest absolute Gasteiger partial charge is 0.243 e. The summed E-state index contributed by atoms with van der Waals surface area (Å²) in [5.74, 6) is 0.0992. The number of aryl methyl sites for hydroxylation is 1. The van der Waals surface area contributed by atoms with Gasteiger partial charge in [0.05, 0.1) is 28.8 Å². The number of hydrogen-bond donors (Lipinski definition) is 1. The Hall–Kier alpha value is -1.80. The molecule has 0 radical (unpaired) electrons. The zero-order valence-corrected chi connectivity index (χ0v) is 17.5. The molecule has 2 rings (SSSR count). The van der Waals surface area contributed by atoms with E-state index in [-0.39, 0.29) is 16.5 Å². The fourth-order valence-electron chi connectivity index (χ4n) is 2.35. The maximum atomic E-state index is 12.7. The normalized spacial score (nSPS) is 11.5. The van der Waals surface area contributed by atoms with Crippen LogP contribution in [0.1, 0.15) is 12.5 Å². The van der Waals surface area contributed by atoms with Crippen molar-refractivity contribution in [1.82, 2.24) is 4.31 Å². The van der Waals surface area contributed by atoms with Gasteiger partial charge in [-0.3, -0.25) is 4.79 Å². The van der Waals surface area contributed by atoms with Crippen LogP contribution in [0.5, 0.6) is 5.75 Å². The third-order valence-corrected chi connectivity index (χ3v) is 6.07. The molecule has 1 amide bonds. The van der Waals surface area contributed by atoms with Crippen LogP contribution in [0.25, 0.3) is 0 Å². The number of nitrogens with zero attached hydrogens (tertiary/aromatic N) is 1. The van der Waals surface area contributed by atoms with Crippen LogP contribution in [-0.4, -0.2) is 38.8 Å². The second-order valence-electron chi connectivity index (χ2n) is 5.79. The van der Waals surface area contributed by atoms with Crippen molar-refractivity contribution in [2.75, 3.05) is 25.5 Å². The molecule has 6 nitrogen and oxygen atoms in total. The van der Waals surface area contributed by atoms with Crippen LogP contribution in [0.4, 0.5) is 5.69 Å². The van der Waals surface area contributed by atoms with Crippen LogP contribution >= 0.6 is 23.2 Å². The van der Waals surface area contributed by atoms with Gasteiger partial charge >= 0.3 is 0 Å². The molecule has 0 spiro atoms. The van der Waals surface area contributed by atoms with E-state index >= 15 is 0 Å². The Morgan fingerprint density at radius 3 is 2.48 bits per heavy atom. The highest BCUT2D eigenvalue weighted by molar-refractivity contribution is 7.89. The van der Waals surface area contributed by atoms with Gasteiger partial charge in [-0.15, -0.1) is 0 Å². The Morgan fingerprint density at radius 1 is 1.19 bits per heavy atom. The van der Waals surface area contributed by atoms with Gasteiger partial charge in [0.25, 0.3) is 0 Å². The summed E-state index contributed by atoms with van der Waals surface area (Å²) in [6.07, 6.45) is 0. The molecule has 0 saturated heterocycles. The highest BCUT2D eigenvalue weighted by Crippen LogP contribution is 2.26.